The zero-order valence-electron chi connectivity index (χ0n) is 11.0. The summed E-state index contributed by atoms with van der Waals surface area (Å²) in [6, 6.07) is 0. The van der Waals surface area contributed by atoms with E-state index in [-0.39, 0.29) is 0 Å². The molecule has 1 heterocycles. The van der Waals surface area contributed by atoms with E-state index >= 15 is 0 Å². The van der Waals surface area contributed by atoms with E-state index in [1.807, 2.05) is 0 Å². The van der Waals surface area contributed by atoms with Crippen LogP contribution in [0.1, 0.15) is 38.5 Å². The fourth-order valence-electron chi connectivity index (χ4n) is 2.49. The van der Waals surface area contributed by atoms with Gasteiger partial charge in [0.2, 0.25) is 0 Å². The topological polar surface area (TPSA) is 33.3 Å². The molecule has 0 radical (unpaired) electrons. The van der Waals surface area contributed by atoms with Gasteiger partial charge in [-0.05, 0) is 70.0 Å². The van der Waals surface area contributed by atoms with Crippen molar-refractivity contribution in [1.82, 2.24) is 10.6 Å². The van der Waals surface area contributed by atoms with Gasteiger partial charge in [-0.3, -0.25) is 0 Å². The first-order valence-electron chi connectivity index (χ1n) is 7.44. The molecular formula is C14H28N2O. The number of hydrogen-bond donors (Lipinski definition) is 2. The highest BCUT2D eigenvalue weighted by atomic mass is 16.5. The van der Waals surface area contributed by atoms with Crippen LogP contribution >= 0.6 is 0 Å². The lowest BCUT2D eigenvalue weighted by molar-refractivity contribution is 0.126. The van der Waals surface area contributed by atoms with Gasteiger partial charge in [-0.15, -0.1) is 0 Å². The zero-order chi connectivity index (χ0) is 11.8. The van der Waals surface area contributed by atoms with E-state index in [2.05, 4.69) is 10.6 Å². The molecule has 1 unspecified atom stereocenters. The van der Waals surface area contributed by atoms with Gasteiger partial charge in [-0.2, -0.15) is 0 Å². The molecule has 0 aromatic rings. The van der Waals surface area contributed by atoms with Crippen LogP contribution in [0.3, 0.4) is 0 Å². The first-order chi connectivity index (χ1) is 8.45. The second kappa shape index (κ2) is 8.06. The maximum atomic E-state index is 5.58. The molecule has 0 aromatic carbocycles. The van der Waals surface area contributed by atoms with Crippen molar-refractivity contribution in [2.75, 3.05) is 39.4 Å². The average Bonchev–Trinajstić information content (AvgIpc) is 3.18. The zero-order valence-corrected chi connectivity index (χ0v) is 11.0. The van der Waals surface area contributed by atoms with Crippen LogP contribution in [-0.2, 0) is 4.74 Å². The Bertz CT molecular complexity index is 189. The molecule has 0 amide bonds. The standard InChI is InChI=1S/C14H28N2O/c1(3-13-4-2-8-16-11-13)7-15-9-10-17-12-14-5-6-14/h13-16H,1-12H2. The van der Waals surface area contributed by atoms with Crippen molar-refractivity contribution in [2.45, 2.75) is 38.5 Å². The Hall–Kier alpha value is -0.120. The van der Waals surface area contributed by atoms with Crippen LogP contribution in [0, 0.1) is 11.8 Å². The van der Waals surface area contributed by atoms with E-state index in [1.165, 1.54) is 51.6 Å². The van der Waals surface area contributed by atoms with E-state index in [0.29, 0.717) is 0 Å². The van der Waals surface area contributed by atoms with Crippen molar-refractivity contribution >= 4 is 0 Å². The number of ether oxygens (including phenoxy) is 1. The predicted octanol–water partition coefficient (Wildman–Crippen LogP) is 1.78. The second-order valence-electron chi connectivity index (χ2n) is 5.62. The molecule has 3 nitrogen and oxygen atoms in total. The lowest BCUT2D eigenvalue weighted by Crippen LogP contribution is -2.30. The highest BCUT2D eigenvalue weighted by molar-refractivity contribution is 4.72. The summed E-state index contributed by atoms with van der Waals surface area (Å²) < 4.78 is 5.58. The molecule has 1 saturated heterocycles. The van der Waals surface area contributed by atoms with Gasteiger partial charge in [0.15, 0.2) is 0 Å². The second-order valence-corrected chi connectivity index (χ2v) is 5.62. The van der Waals surface area contributed by atoms with Gasteiger partial charge in [0.25, 0.3) is 0 Å². The minimum atomic E-state index is 0.890. The van der Waals surface area contributed by atoms with Crippen molar-refractivity contribution in [1.29, 1.82) is 0 Å². The monoisotopic (exact) mass is 240 g/mol. The molecule has 17 heavy (non-hydrogen) atoms. The molecule has 1 aliphatic heterocycles. The van der Waals surface area contributed by atoms with Crippen molar-refractivity contribution in [2.24, 2.45) is 11.8 Å². The molecule has 100 valence electrons. The molecule has 3 heteroatoms. The highest BCUT2D eigenvalue weighted by Gasteiger charge is 2.20. The van der Waals surface area contributed by atoms with Crippen molar-refractivity contribution < 1.29 is 4.74 Å². The molecule has 2 aliphatic rings. The summed E-state index contributed by atoms with van der Waals surface area (Å²) in [4.78, 5) is 0. The lowest BCUT2D eigenvalue weighted by Gasteiger charge is -2.22. The minimum absolute atomic E-state index is 0.890. The van der Waals surface area contributed by atoms with Gasteiger partial charge in [0.1, 0.15) is 0 Å². The van der Waals surface area contributed by atoms with E-state index in [9.17, 15) is 0 Å². The van der Waals surface area contributed by atoms with Crippen molar-refractivity contribution in [3.05, 3.63) is 0 Å². The fourth-order valence-corrected chi connectivity index (χ4v) is 2.49. The summed E-state index contributed by atoms with van der Waals surface area (Å²) >= 11 is 0. The smallest absolute Gasteiger partial charge is 0.0591 e. The number of rotatable bonds is 9. The Kier molecular flexibility index (Phi) is 6.32. The Morgan fingerprint density at radius 1 is 1.12 bits per heavy atom. The molecule has 0 aromatic heterocycles. The average molecular weight is 240 g/mol. The van der Waals surface area contributed by atoms with Crippen LogP contribution in [0.5, 0.6) is 0 Å². The molecule has 2 fully saturated rings. The molecule has 0 bridgehead atoms. The van der Waals surface area contributed by atoms with E-state index in [4.69, 9.17) is 4.74 Å². The van der Waals surface area contributed by atoms with Crippen LogP contribution < -0.4 is 10.6 Å². The van der Waals surface area contributed by atoms with Crippen molar-refractivity contribution in [3.8, 4) is 0 Å². The third-order valence-electron chi connectivity index (χ3n) is 3.84. The summed E-state index contributed by atoms with van der Waals surface area (Å²) in [5.74, 6) is 1.82. The van der Waals surface area contributed by atoms with Gasteiger partial charge in [0.05, 0.1) is 6.61 Å². The molecular weight excluding hydrogens is 212 g/mol. The van der Waals surface area contributed by atoms with Crippen LogP contribution in [-0.4, -0.2) is 39.4 Å². The van der Waals surface area contributed by atoms with E-state index in [1.54, 1.807) is 0 Å². The molecule has 1 saturated carbocycles. The summed E-state index contributed by atoms with van der Waals surface area (Å²) in [6.07, 6.45) is 8.27. The minimum Gasteiger partial charge on any atom is -0.380 e. The third-order valence-corrected chi connectivity index (χ3v) is 3.84. The number of nitrogens with one attached hydrogen (secondary N) is 2. The lowest BCUT2D eigenvalue weighted by atomic mass is 9.95. The molecule has 2 rings (SSSR count). The van der Waals surface area contributed by atoms with Gasteiger partial charge in [0, 0.05) is 13.2 Å². The Morgan fingerprint density at radius 3 is 2.82 bits per heavy atom. The summed E-state index contributed by atoms with van der Waals surface area (Å²) in [6.45, 7) is 6.54. The quantitative estimate of drug-likeness (QED) is 0.603. The normalized spacial score (nSPS) is 25.1. The molecule has 0 spiro atoms. The van der Waals surface area contributed by atoms with Gasteiger partial charge in [-0.25, -0.2) is 0 Å². The van der Waals surface area contributed by atoms with Gasteiger partial charge >= 0.3 is 0 Å². The Labute approximate surface area is 106 Å². The van der Waals surface area contributed by atoms with E-state index < -0.39 is 0 Å². The van der Waals surface area contributed by atoms with Gasteiger partial charge in [-0.1, -0.05) is 0 Å². The maximum Gasteiger partial charge on any atom is 0.0591 e. The first kappa shape index (κ1) is 13.3. The largest absolute Gasteiger partial charge is 0.380 e. The number of piperidine rings is 1. The van der Waals surface area contributed by atoms with Crippen LogP contribution in [0.25, 0.3) is 0 Å². The fraction of sp³-hybridized carbons (Fsp3) is 1.00. The Morgan fingerprint density at radius 2 is 2.06 bits per heavy atom. The summed E-state index contributed by atoms with van der Waals surface area (Å²) in [7, 11) is 0. The SMILES string of the molecule is C(CNCCOCC1CC1)CC1CCCNC1. The number of hydrogen-bond acceptors (Lipinski definition) is 3. The maximum absolute atomic E-state index is 5.58. The first-order valence-corrected chi connectivity index (χ1v) is 7.44. The summed E-state index contributed by atoms with van der Waals surface area (Å²) in [5, 5.41) is 6.95. The molecule has 1 atom stereocenters. The van der Waals surface area contributed by atoms with Gasteiger partial charge < -0.3 is 15.4 Å². The Balaban J connectivity index is 1.31. The third kappa shape index (κ3) is 6.39. The van der Waals surface area contributed by atoms with E-state index in [0.717, 1.165) is 38.1 Å². The predicted molar refractivity (Wildman–Crippen MR) is 71.2 cm³/mol. The molecule has 1 aliphatic carbocycles. The van der Waals surface area contributed by atoms with Crippen molar-refractivity contribution in [3.63, 3.8) is 0 Å². The van der Waals surface area contributed by atoms with Crippen LogP contribution in [0.15, 0.2) is 0 Å². The van der Waals surface area contributed by atoms with Crippen LogP contribution in [0.4, 0.5) is 0 Å². The highest BCUT2D eigenvalue weighted by Crippen LogP contribution is 2.28. The molecule has 2 N–H and O–H groups in total. The van der Waals surface area contributed by atoms with Crippen LogP contribution in [0.2, 0.25) is 0 Å². The summed E-state index contributed by atoms with van der Waals surface area (Å²) in [5.41, 5.74) is 0.